The first-order valence-corrected chi connectivity index (χ1v) is 36.1. The molecule has 0 aliphatic heterocycles. The number of aryl methyl sites for hydroxylation is 3. The number of fused-ring (bicyclic) bond motifs is 3. The van der Waals surface area contributed by atoms with Gasteiger partial charge in [-0.15, -0.1) is 0 Å². The highest BCUT2D eigenvalue weighted by molar-refractivity contribution is 14.1. The molecule has 9 aromatic carbocycles. The number of anilines is 2. The van der Waals surface area contributed by atoms with Gasteiger partial charge in [0.25, 0.3) is 0 Å². The Labute approximate surface area is 643 Å². The van der Waals surface area contributed by atoms with Crippen molar-refractivity contribution in [2.24, 2.45) is 17.2 Å². The molecule has 23 nitrogen and oxygen atoms in total. The molecular formula is C78H67Br2I2N5O18. The van der Waals surface area contributed by atoms with Crippen molar-refractivity contribution in [1.29, 1.82) is 0 Å². The number of carbonyl (C=O) groups excluding carboxylic acids is 6. The molecule has 0 saturated carbocycles. The van der Waals surface area contributed by atoms with Gasteiger partial charge in [-0.2, -0.15) is 0 Å². The molecule has 0 aliphatic rings. The summed E-state index contributed by atoms with van der Waals surface area (Å²) in [7, 11) is 0. The second-order valence-corrected chi connectivity index (χ2v) is 27.9. The molecule has 0 atom stereocenters. The molecule has 0 radical (unpaired) electrons. The maximum absolute atomic E-state index is 13.6. The van der Waals surface area contributed by atoms with Crippen LogP contribution < -0.4 is 42.9 Å². The van der Waals surface area contributed by atoms with Crippen LogP contribution in [0.15, 0.2) is 186 Å². The highest BCUT2D eigenvalue weighted by Crippen LogP contribution is 2.43. The summed E-state index contributed by atoms with van der Waals surface area (Å²) < 4.78 is 36.9. The minimum atomic E-state index is -0.560. The van der Waals surface area contributed by atoms with E-state index in [-0.39, 0.29) is 147 Å². The van der Waals surface area contributed by atoms with Crippen LogP contribution in [0.2, 0.25) is 0 Å². The second-order valence-electron chi connectivity index (χ2n) is 23.9. The number of hydrogen-bond donors (Lipinski definition) is 11. The maximum Gasteiger partial charge on any atom is 0.217 e. The lowest BCUT2D eigenvalue weighted by molar-refractivity contribution is -0.118. The lowest BCUT2D eigenvalue weighted by atomic mass is 9.97. The quantitative estimate of drug-likeness (QED) is 0.00986. The molecule has 0 bridgehead atoms. The van der Waals surface area contributed by atoms with Gasteiger partial charge >= 0.3 is 0 Å². The highest BCUT2D eigenvalue weighted by Gasteiger charge is 2.29. The smallest absolute Gasteiger partial charge is 0.217 e. The molecule has 0 fully saturated rings. The van der Waals surface area contributed by atoms with Gasteiger partial charge in [0.1, 0.15) is 45.5 Å². The summed E-state index contributed by atoms with van der Waals surface area (Å²) in [5, 5.41) is 62.9. The largest absolute Gasteiger partial charge is 0.506 e. The molecule has 27 heteroatoms. The van der Waals surface area contributed by atoms with Crippen LogP contribution in [0.4, 0.5) is 11.4 Å². The standard InChI is InChI=1S/C26H21Br2NO6.C26H21I2NO6.C26H25N3O6/c3*27-17-10-15(11-18(28)26(17)33)25(32)24-16-12-19(30)22(34-9-8-14-4-2-1-3-5-14)13-21(16)35-20(24)6-7-23(29)31/h2*1-5,10-13,30,33H,6-9H2,(H2,29,31);1-5,10-13,30,33H,6-9,27-28H2,(H2,29,31). The van der Waals surface area contributed by atoms with Gasteiger partial charge in [0.05, 0.1) is 64.0 Å². The Morgan fingerprint density at radius 2 is 0.657 bits per heavy atom. The van der Waals surface area contributed by atoms with Gasteiger partial charge in [-0.3, -0.25) is 28.8 Å². The van der Waals surface area contributed by atoms with E-state index in [0.717, 1.165) is 16.7 Å². The van der Waals surface area contributed by atoms with Crippen LogP contribution in [-0.4, -0.2) is 85.5 Å². The topological polar surface area (TPSA) is 421 Å². The van der Waals surface area contributed by atoms with E-state index in [9.17, 15) is 59.4 Å². The third-order valence-electron chi connectivity index (χ3n) is 16.5. The van der Waals surface area contributed by atoms with E-state index in [2.05, 4.69) is 31.9 Å². The molecule has 540 valence electrons. The number of halogens is 4. The van der Waals surface area contributed by atoms with Crippen LogP contribution in [0, 0.1) is 7.14 Å². The van der Waals surface area contributed by atoms with Crippen LogP contribution in [0.5, 0.6) is 51.7 Å². The van der Waals surface area contributed by atoms with Gasteiger partial charge in [0.2, 0.25) is 17.7 Å². The molecule has 0 unspecified atom stereocenters. The van der Waals surface area contributed by atoms with Crippen LogP contribution in [0.1, 0.15) is 101 Å². The molecule has 16 N–H and O–H groups in total. The number of benzene rings is 9. The molecule has 3 aromatic heterocycles. The minimum absolute atomic E-state index is 0.00281. The molecule has 12 aromatic rings. The summed E-state index contributed by atoms with van der Waals surface area (Å²) in [5.41, 5.74) is 32.9. The number of carbonyl (C=O) groups is 6. The fraction of sp³-hybridized carbons (Fsp3) is 0.154. The number of nitrogens with two attached hydrogens (primary N) is 5. The number of phenolic OH excluding ortho intramolecular Hbond substituents is 6. The molecule has 12 rings (SSSR count). The minimum Gasteiger partial charge on any atom is -0.506 e. The molecule has 3 amide bonds. The Morgan fingerprint density at radius 3 is 0.952 bits per heavy atom. The third-order valence-corrected chi connectivity index (χ3v) is 19.3. The third kappa shape index (κ3) is 19.0. The van der Waals surface area contributed by atoms with Crippen LogP contribution in [0.3, 0.4) is 0 Å². The summed E-state index contributed by atoms with van der Waals surface area (Å²) in [6.07, 6.45) is 2.17. The Balaban J connectivity index is 0.000000169. The summed E-state index contributed by atoms with van der Waals surface area (Å²) in [5.74, 6) is -2.15. The normalized spacial score (nSPS) is 11.0. The first-order chi connectivity index (χ1) is 50.2. The summed E-state index contributed by atoms with van der Waals surface area (Å²) >= 11 is 10.4. The Kier molecular flexibility index (Phi) is 25.4. The molecule has 0 aliphatic carbocycles. The van der Waals surface area contributed by atoms with E-state index in [1.54, 1.807) is 18.2 Å². The second kappa shape index (κ2) is 34.7. The summed E-state index contributed by atoms with van der Waals surface area (Å²) in [6.45, 7) is 0.990. The number of aromatic hydroxyl groups is 6. The maximum atomic E-state index is 13.6. The predicted molar refractivity (Wildman–Crippen MR) is 417 cm³/mol. The number of amides is 3. The van der Waals surface area contributed by atoms with Gasteiger partial charge in [-0.1, -0.05) is 91.0 Å². The first-order valence-electron chi connectivity index (χ1n) is 32.3. The van der Waals surface area contributed by atoms with Gasteiger partial charge in [-0.25, -0.2) is 0 Å². The van der Waals surface area contributed by atoms with E-state index in [1.165, 1.54) is 54.6 Å². The number of furan rings is 3. The zero-order valence-corrected chi connectivity index (χ0v) is 63.0. The van der Waals surface area contributed by atoms with Gasteiger partial charge in [0, 0.05) is 109 Å². The van der Waals surface area contributed by atoms with Gasteiger partial charge in [-0.05, 0) is 148 Å². The average Bonchev–Trinajstić information content (AvgIpc) is 1.64. The highest BCUT2D eigenvalue weighted by atomic mass is 127. The lowest BCUT2D eigenvalue weighted by Crippen LogP contribution is -2.12. The van der Waals surface area contributed by atoms with Crippen LogP contribution in [0.25, 0.3) is 32.9 Å². The number of hydrogen-bond acceptors (Lipinski definition) is 20. The van der Waals surface area contributed by atoms with E-state index < -0.39 is 29.3 Å². The SMILES string of the molecule is NC(=O)CCc1oc2cc(OCCc3ccccc3)c(O)cc2c1C(=O)c1cc(Br)c(O)c(Br)c1.NC(=O)CCc1oc2cc(OCCc3ccccc3)c(O)cc2c1C(=O)c1cc(I)c(O)c(I)c1.NC(=O)CCc1oc2cc(OCCc3ccccc3)c(O)cc2c1C(=O)c1cc(N)c(O)c(N)c1. The number of nitrogen functional groups attached to an aromatic ring is 2. The van der Waals surface area contributed by atoms with Gasteiger partial charge < -0.3 is 86.8 Å². The van der Waals surface area contributed by atoms with Crippen LogP contribution in [-0.2, 0) is 52.9 Å². The summed E-state index contributed by atoms with van der Waals surface area (Å²) in [4.78, 5) is 74.7. The zero-order chi connectivity index (χ0) is 75.3. The fourth-order valence-corrected chi connectivity index (χ4v) is 14.2. The van der Waals surface area contributed by atoms with Crippen molar-refractivity contribution < 1.29 is 86.9 Å². The van der Waals surface area contributed by atoms with E-state index in [0.29, 0.717) is 99.4 Å². The Morgan fingerprint density at radius 1 is 0.371 bits per heavy atom. The van der Waals surface area contributed by atoms with Crippen molar-refractivity contribution in [2.75, 3.05) is 31.3 Å². The predicted octanol–water partition coefficient (Wildman–Crippen LogP) is 14.2. The van der Waals surface area contributed by atoms with Crippen molar-refractivity contribution in [1.82, 2.24) is 0 Å². The number of primary amides is 3. The molecule has 0 spiro atoms. The van der Waals surface area contributed by atoms with Crippen LogP contribution >= 0.6 is 77.0 Å². The van der Waals surface area contributed by atoms with E-state index >= 15 is 0 Å². The number of phenols is 6. The molecule has 0 saturated heterocycles. The average molecular weight is 1780 g/mol. The fourth-order valence-electron chi connectivity index (χ4n) is 11.2. The number of ketones is 3. The van der Waals surface area contributed by atoms with E-state index in [4.69, 9.17) is 56.1 Å². The van der Waals surface area contributed by atoms with E-state index in [1.807, 2.05) is 136 Å². The molecule has 105 heavy (non-hydrogen) atoms. The summed E-state index contributed by atoms with van der Waals surface area (Å²) in [6, 6.07) is 46.9. The van der Waals surface area contributed by atoms with Gasteiger partial charge in [0.15, 0.2) is 57.6 Å². The van der Waals surface area contributed by atoms with Crippen molar-refractivity contribution in [3.05, 3.63) is 247 Å². The van der Waals surface area contributed by atoms with Crippen molar-refractivity contribution in [2.45, 2.75) is 57.8 Å². The monoisotopic (exact) mass is 1770 g/mol. The Bertz CT molecular complexity index is 4700. The number of ether oxygens (including phenoxy) is 3. The van der Waals surface area contributed by atoms with Crippen molar-refractivity contribution >= 4 is 156 Å². The first kappa shape index (κ1) is 76.9. The Hall–Kier alpha value is -10.8. The van der Waals surface area contributed by atoms with Crippen molar-refractivity contribution in [3.63, 3.8) is 0 Å². The molecule has 3 heterocycles. The zero-order valence-electron chi connectivity index (χ0n) is 55.6. The lowest BCUT2D eigenvalue weighted by Gasteiger charge is -2.09. The molecular weight excluding hydrogens is 1710 g/mol. The number of rotatable bonds is 27. The van der Waals surface area contributed by atoms with Crippen molar-refractivity contribution in [3.8, 4) is 51.7 Å².